The minimum Gasteiger partial charge on any atom is -0.485 e. The van der Waals surface area contributed by atoms with E-state index < -0.39 is 11.6 Å². The molecule has 0 aliphatic carbocycles. The molecule has 0 fully saturated rings. The van der Waals surface area contributed by atoms with Gasteiger partial charge < -0.3 is 15.8 Å². The monoisotopic (exact) mass is 388 g/mol. The lowest BCUT2D eigenvalue weighted by atomic mass is 10.2. The molecule has 0 spiro atoms. The van der Waals surface area contributed by atoms with Gasteiger partial charge >= 0.3 is 0 Å². The fourth-order valence-corrected chi connectivity index (χ4v) is 2.32. The Morgan fingerprint density at radius 2 is 1.93 bits per heavy atom. The molecule has 0 unspecified atom stereocenters. The van der Waals surface area contributed by atoms with Gasteiger partial charge in [-0.1, -0.05) is 11.6 Å². The van der Waals surface area contributed by atoms with Gasteiger partial charge in [0.05, 0.1) is 0 Å². The summed E-state index contributed by atoms with van der Waals surface area (Å²) in [7, 11) is 0. The Morgan fingerprint density at radius 1 is 1.15 bits per heavy atom. The number of nitrogens with two attached hydrogens (primary N) is 1. The normalized spacial score (nSPS) is 11.3. The summed E-state index contributed by atoms with van der Waals surface area (Å²) in [6.07, 6.45) is 1.53. The van der Waals surface area contributed by atoms with Crippen molar-refractivity contribution in [3.05, 3.63) is 83.0 Å². The van der Waals surface area contributed by atoms with Crippen LogP contribution in [-0.4, -0.2) is 10.9 Å². The lowest BCUT2D eigenvalue weighted by Gasteiger charge is -2.10. The topological polar surface area (TPSA) is 72.5 Å². The molecule has 3 N–H and O–H groups in total. The number of hydrogen-bond donors (Lipinski definition) is 2. The van der Waals surface area contributed by atoms with E-state index in [2.05, 4.69) is 15.3 Å². The van der Waals surface area contributed by atoms with E-state index in [1.807, 2.05) is 0 Å². The third-order valence-electron chi connectivity index (χ3n) is 3.49. The Labute approximate surface area is 159 Å². The number of rotatable bonds is 5. The number of ether oxygens (including phenoxy) is 1. The van der Waals surface area contributed by atoms with Crippen LogP contribution in [0, 0.1) is 11.6 Å². The van der Waals surface area contributed by atoms with Gasteiger partial charge in [0.1, 0.15) is 18.2 Å². The van der Waals surface area contributed by atoms with Gasteiger partial charge in [-0.2, -0.15) is 4.99 Å². The second-order valence-electron chi connectivity index (χ2n) is 5.48. The van der Waals surface area contributed by atoms with Crippen molar-refractivity contribution in [3.8, 4) is 5.75 Å². The Kier molecular flexibility index (Phi) is 5.83. The molecule has 0 amide bonds. The molecule has 0 aliphatic rings. The van der Waals surface area contributed by atoms with E-state index in [-0.39, 0.29) is 23.9 Å². The first-order chi connectivity index (χ1) is 13.0. The maximum atomic E-state index is 13.7. The predicted octanol–water partition coefficient (Wildman–Crippen LogP) is 4.65. The molecule has 3 rings (SSSR count). The lowest BCUT2D eigenvalue weighted by molar-refractivity contribution is 0.299. The van der Waals surface area contributed by atoms with Crippen molar-refractivity contribution >= 4 is 29.1 Å². The van der Waals surface area contributed by atoms with Crippen LogP contribution < -0.4 is 15.8 Å². The van der Waals surface area contributed by atoms with Crippen molar-refractivity contribution in [2.45, 2.75) is 6.61 Å². The van der Waals surface area contributed by atoms with Gasteiger partial charge in [0.2, 0.25) is 0 Å². The van der Waals surface area contributed by atoms with E-state index in [9.17, 15) is 8.78 Å². The third kappa shape index (κ3) is 5.15. The molecule has 0 aliphatic heterocycles. The van der Waals surface area contributed by atoms with E-state index in [1.165, 1.54) is 12.3 Å². The first-order valence-corrected chi connectivity index (χ1v) is 8.27. The summed E-state index contributed by atoms with van der Waals surface area (Å²) in [5, 5.41) is 3.51. The van der Waals surface area contributed by atoms with Crippen molar-refractivity contribution in [3.63, 3.8) is 0 Å². The molecule has 138 valence electrons. The minimum atomic E-state index is -0.687. The minimum absolute atomic E-state index is 0.0915. The summed E-state index contributed by atoms with van der Waals surface area (Å²) in [5.74, 6) is -0.716. The zero-order valence-corrected chi connectivity index (χ0v) is 14.8. The molecule has 1 aromatic heterocycles. The molecule has 0 saturated carbocycles. The molecule has 0 saturated heterocycles. The fraction of sp³-hybridized carbons (Fsp3) is 0.0526. The molecule has 0 atom stereocenters. The highest BCUT2D eigenvalue weighted by Crippen LogP contribution is 2.25. The molecule has 1 heterocycles. The SMILES string of the molecule is N/C(=N\c1ncccc1OCc1ccc(F)cc1F)Nc1ccc(Cl)cc1. The molecule has 8 heteroatoms. The van der Waals surface area contributed by atoms with Crippen molar-refractivity contribution in [2.75, 3.05) is 5.32 Å². The average molecular weight is 389 g/mol. The molecule has 5 nitrogen and oxygen atoms in total. The van der Waals surface area contributed by atoms with Gasteiger partial charge in [-0.3, -0.25) is 0 Å². The molecular weight excluding hydrogens is 374 g/mol. The largest absolute Gasteiger partial charge is 0.485 e. The lowest BCUT2D eigenvalue weighted by Crippen LogP contribution is -2.22. The number of anilines is 1. The molecule has 0 radical (unpaired) electrons. The fourth-order valence-electron chi connectivity index (χ4n) is 2.20. The Balaban J connectivity index is 1.73. The number of benzene rings is 2. The van der Waals surface area contributed by atoms with Crippen molar-refractivity contribution < 1.29 is 13.5 Å². The Hall–Kier alpha value is -3.19. The summed E-state index contributed by atoms with van der Waals surface area (Å²) in [6.45, 7) is -0.106. The van der Waals surface area contributed by atoms with Crippen LogP contribution in [-0.2, 0) is 6.61 Å². The number of nitrogens with zero attached hydrogens (tertiary/aromatic N) is 2. The van der Waals surface area contributed by atoms with E-state index >= 15 is 0 Å². The quantitative estimate of drug-likeness (QED) is 0.493. The summed E-state index contributed by atoms with van der Waals surface area (Å²) < 4.78 is 32.3. The van der Waals surface area contributed by atoms with E-state index in [0.29, 0.717) is 16.5 Å². The van der Waals surface area contributed by atoms with Crippen LogP contribution in [0.4, 0.5) is 20.3 Å². The Bertz CT molecular complexity index is 964. The van der Waals surface area contributed by atoms with Gasteiger partial charge in [-0.25, -0.2) is 13.8 Å². The number of halogens is 3. The first-order valence-electron chi connectivity index (χ1n) is 7.90. The van der Waals surface area contributed by atoms with E-state index in [1.54, 1.807) is 36.4 Å². The van der Waals surface area contributed by atoms with Crippen LogP contribution in [0.25, 0.3) is 0 Å². The summed E-state index contributed by atoms with van der Waals surface area (Å²) >= 11 is 5.84. The number of guanidine groups is 1. The highest BCUT2D eigenvalue weighted by atomic mass is 35.5. The van der Waals surface area contributed by atoms with Gasteiger partial charge in [0.25, 0.3) is 0 Å². The van der Waals surface area contributed by atoms with Crippen molar-refractivity contribution in [1.29, 1.82) is 0 Å². The second-order valence-corrected chi connectivity index (χ2v) is 5.91. The highest BCUT2D eigenvalue weighted by Gasteiger charge is 2.08. The molecule has 0 bridgehead atoms. The Morgan fingerprint density at radius 3 is 2.67 bits per heavy atom. The maximum absolute atomic E-state index is 13.7. The van der Waals surface area contributed by atoms with Gasteiger partial charge in [-0.05, 0) is 48.5 Å². The second kappa shape index (κ2) is 8.46. The maximum Gasteiger partial charge on any atom is 0.200 e. The van der Waals surface area contributed by atoms with Gasteiger partial charge in [0.15, 0.2) is 17.5 Å². The summed E-state index contributed by atoms with van der Waals surface area (Å²) in [4.78, 5) is 8.30. The number of hydrogen-bond acceptors (Lipinski definition) is 3. The summed E-state index contributed by atoms with van der Waals surface area (Å²) in [5.41, 5.74) is 6.81. The molecular formula is C19H15ClF2N4O. The van der Waals surface area contributed by atoms with Crippen LogP contribution in [0.3, 0.4) is 0 Å². The number of pyridine rings is 1. The van der Waals surface area contributed by atoms with Crippen LogP contribution in [0.2, 0.25) is 5.02 Å². The van der Waals surface area contributed by atoms with Crippen LogP contribution in [0.1, 0.15) is 5.56 Å². The standard InChI is InChI=1S/C19H15ClF2N4O/c20-13-4-7-15(8-5-13)25-19(23)26-18-17(2-1-9-24-18)27-11-12-3-6-14(21)10-16(12)22/h1-10H,11H2,(H3,23,24,25,26). The molecule has 2 aromatic carbocycles. The third-order valence-corrected chi connectivity index (χ3v) is 3.74. The molecule has 3 aromatic rings. The van der Waals surface area contributed by atoms with Crippen molar-refractivity contribution in [2.24, 2.45) is 10.7 Å². The molecule has 27 heavy (non-hydrogen) atoms. The zero-order valence-electron chi connectivity index (χ0n) is 14.0. The summed E-state index contributed by atoms with van der Waals surface area (Å²) in [6, 6.07) is 13.5. The number of nitrogens with one attached hydrogen (secondary N) is 1. The highest BCUT2D eigenvalue weighted by molar-refractivity contribution is 6.30. The number of aliphatic imine (C=N–C) groups is 1. The van der Waals surface area contributed by atoms with E-state index in [0.717, 1.165) is 12.1 Å². The van der Waals surface area contributed by atoms with Gasteiger partial charge in [0, 0.05) is 28.5 Å². The van der Waals surface area contributed by atoms with Crippen LogP contribution in [0.15, 0.2) is 65.8 Å². The van der Waals surface area contributed by atoms with Crippen LogP contribution >= 0.6 is 11.6 Å². The number of aromatic nitrogens is 1. The van der Waals surface area contributed by atoms with Crippen molar-refractivity contribution in [1.82, 2.24) is 4.98 Å². The smallest absolute Gasteiger partial charge is 0.200 e. The predicted molar refractivity (Wildman–Crippen MR) is 101 cm³/mol. The van der Waals surface area contributed by atoms with E-state index in [4.69, 9.17) is 22.1 Å². The van der Waals surface area contributed by atoms with Gasteiger partial charge in [-0.15, -0.1) is 0 Å². The zero-order chi connectivity index (χ0) is 19.2. The average Bonchev–Trinajstić information content (AvgIpc) is 2.64. The van der Waals surface area contributed by atoms with Crippen LogP contribution in [0.5, 0.6) is 5.75 Å². The first kappa shape index (κ1) is 18.6.